The van der Waals surface area contributed by atoms with Gasteiger partial charge in [0, 0.05) is 25.7 Å². The molecule has 0 aromatic heterocycles. The Labute approximate surface area is 677 Å². The van der Waals surface area contributed by atoms with Crippen LogP contribution in [-0.4, -0.2) is 96.7 Å². The van der Waals surface area contributed by atoms with Gasteiger partial charge in [0.05, 0.1) is 26.4 Å². The lowest BCUT2D eigenvalue weighted by Gasteiger charge is -2.21. The molecule has 0 spiro atoms. The van der Waals surface area contributed by atoms with Gasteiger partial charge in [0.15, 0.2) is 12.2 Å². The maximum atomic E-state index is 13.2. The molecule has 2 unspecified atom stereocenters. The molecule has 0 aliphatic rings. The molecule has 0 amide bonds. The number of phosphoric acid groups is 2. The average Bonchev–Trinajstić information content (AvgIpc) is 0.900. The SMILES string of the molecule is CCCCCCCCCCCCCCCCCCCCCCCC(=O)O[C@H](COC(=O)CCCCCCCCCCCCCCCCCCCCCC)COP(=O)(O)OC[C@@H](O)COP(=O)(O)OC[C@@H](COC(=O)CCCCCCCCCCCCCCC)OC(=O)CCCCCCCCCCCCCCCCCC. The van der Waals surface area contributed by atoms with E-state index in [0.29, 0.717) is 25.7 Å². The van der Waals surface area contributed by atoms with Crippen LogP contribution in [0.4, 0.5) is 0 Å². The predicted octanol–water partition coefficient (Wildman–Crippen LogP) is 28.5. The maximum Gasteiger partial charge on any atom is 0.472 e. The molecule has 0 radical (unpaired) electrons. The van der Waals surface area contributed by atoms with Crippen LogP contribution in [0.3, 0.4) is 0 Å². The smallest absolute Gasteiger partial charge is 0.462 e. The molecular weight excluding hydrogens is 1430 g/mol. The molecule has 0 bridgehead atoms. The number of rotatable bonds is 92. The molecular formula is C91H178O17P2. The highest BCUT2D eigenvalue weighted by atomic mass is 31.2. The minimum atomic E-state index is -4.97. The molecule has 19 heteroatoms. The zero-order chi connectivity index (χ0) is 80.3. The van der Waals surface area contributed by atoms with Gasteiger partial charge in [-0.3, -0.25) is 37.3 Å². The van der Waals surface area contributed by atoms with Crippen molar-refractivity contribution < 1.29 is 80.2 Å². The van der Waals surface area contributed by atoms with Crippen LogP contribution >= 0.6 is 15.6 Å². The molecule has 110 heavy (non-hydrogen) atoms. The van der Waals surface area contributed by atoms with Crippen molar-refractivity contribution in [3.05, 3.63) is 0 Å². The van der Waals surface area contributed by atoms with Crippen molar-refractivity contribution in [3.8, 4) is 0 Å². The van der Waals surface area contributed by atoms with E-state index in [0.717, 1.165) is 89.9 Å². The summed E-state index contributed by atoms with van der Waals surface area (Å²) in [5.74, 6) is -2.09. The number of aliphatic hydroxyl groups is 1. The summed E-state index contributed by atoms with van der Waals surface area (Å²) in [5.41, 5.74) is 0. The number of unbranched alkanes of at least 4 members (excludes halogenated alkanes) is 66. The number of esters is 4. The van der Waals surface area contributed by atoms with Gasteiger partial charge in [0.25, 0.3) is 0 Å². The molecule has 0 saturated heterocycles. The number of hydrogen-bond donors (Lipinski definition) is 3. The van der Waals surface area contributed by atoms with E-state index in [9.17, 15) is 43.2 Å². The Morgan fingerprint density at radius 2 is 0.364 bits per heavy atom. The third-order valence-corrected chi connectivity index (χ3v) is 23.5. The summed E-state index contributed by atoms with van der Waals surface area (Å²) in [6, 6.07) is 0. The first-order valence-corrected chi connectivity index (χ1v) is 50.3. The van der Waals surface area contributed by atoms with E-state index in [1.54, 1.807) is 0 Å². The number of hydrogen-bond acceptors (Lipinski definition) is 15. The first kappa shape index (κ1) is 108. The molecule has 3 N–H and O–H groups in total. The highest BCUT2D eigenvalue weighted by Gasteiger charge is 2.31. The van der Waals surface area contributed by atoms with Crippen molar-refractivity contribution >= 4 is 39.5 Å². The van der Waals surface area contributed by atoms with E-state index < -0.39 is 97.5 Å². The first-order chi connectivity index (χ1) is 53.7. The fraction of sp³-hybridized carbons (Fsp3) is 0.956. The van der Waals surface area contributed by atoms with Crippen molar-refractivity contribution in [2.24, 2.45) is 0 Å². The molecule has 0 rings (SSSR count). The fourth-order valence-electron chi connectivity index (χ4n) is 14.4. The topological polar surface area (TPSA) is 237 Å². The summed E-state index contributed by atoms with van der Waals surface area (Å²) in [4.78, 5) is 73.4. The minimum Gasteiger partial charge on any atom is -0.462 e. The van der Waals surface area contributed by atoms with Gasteiger partial charge in [-0.2, -0.15) is 0 Å². The van der Waals surface area contributed by atoms with Crippen LogP contribution < -0.4 is 0 Å². The van der Waals surface area contributed by atoms with Gasteiger partial charge >= 0.3 is 39.5 Å². The lowest BCUT2D eigenvalue weighted by Crippen LogP contribution is -2.30. The van der Waals surface area contributed by atoms with Gasteiger partial charge in [-0.15, -0.1) is 0 Å². The summed E-state index contributed by atoms with van der Waals surface area (Å²) in [6.45, 7) is 5.09. The third kappa shape index (κ3) is 84.0. The average molecular weight is 1610 g/mol. The number of ether oxygens (including phenoxy) is 4. The molecule has 0 saturated carbocycles. The first-order valence-electron chi connectivity index (χ1n) is 47.3. The highest BCUT2D eigenvalue weighted by molar-refractivity contribution is 7.47. The molecule has 0 aliphatic heterocycles. The van der Waals surface area contributed by atoms with E-state index in [4.69, 9.17) is 37.0 Å². The van der Waals surface area contributed by atoms with Crippen molar-refractivity contribution in [2.45, 2.75) is 521 Å². The minimum absolute atomic E-state index is 0.110. The van der Waals surface area contributed by atoms with Gasteiger partial charge in [-0.1, -0.05) is 451 Å². The third-order valence-electron chi connectivity index (χ3n) is 21.6. The van der Waals surface area contributed by atoms with Crippen molar-refractivity contribution in [3.63, 3.8) is 0 Å². The second-order valence-electron chi connectivity index (χ2n) is 32.7. The Bertz CT molecular complexity index is 2070. The Morgan fingerprint density at radius 3 is 0.536 bits per heavy atom. The van der Waals surface area contributed by atoms with E-state index in [-0.39, 0.29) is 25.7 Å². The van der Waals surface area contributed by atoms with Crippen LogP contribution in [0.1, 0.15) is 503 Å². The lowest BCUT2D eigenvalue weighted by molar-refractivity contribution is -0.161. The molecule has 5 atom stereocenters. The van der Waals surface area contributed by atoms with Crippen molar-refractivity contribution in [2.75, 3.05) is 39.6 Å². The van der Waals surface area contributed by atoms with Crippen LogP contribution in [0, 0.1) is 0 Å². The van der Waals surface area contributed by atoms with Crippen LogP contribution in [0.5, 0.6) is 0 Å². The second-order valence-corrected chi connectivity index (χ2v) is 35.6. The maximum absolute atomic E-state index is 13.2. The van der Waals surface area contributed by atoms with Crippen LogP contribution in [-0.2, 0) is 65.4 Å². The second kappa shape index (κ2) is 85.0. The van der Waals surface area contributed by atoms with E-state index in [1.807, 2.05) is 0 Å². The number of carbonyl (C=O) groups excluding carboxylic acids is 4. The molecule has 0 fully saturated rings. The molecule has 654 valence electrons. The number of phosphoric ester groups is 2. The van der Waals surface area contributed by atoms with Gasteiger partial charge in [-0.25, -0.2) is 9.13 Å². The van der Waals surface area contributed by atoms with Crippen molar-refractivity contribution in [1.82, 2.24) is 0 Å². The summed E-state index contributed by atoms with van der Waals surface area (Å²) in [6.07, 6.45) is 82.0. The Kier molecular flexibility index (Phi) is 83.5. The van der Waals surface area contributed by atoms with Crippen LogP contribution in [0.25, 0.3) is 0 Å². The highest BCUT2D eigenvalue weighted by Crippen LogP contribution is 2.45. The number of aliphatic hydroxyl groups excluding tert-OH is 1. The fourth-order valence-corrected chi connectivity index (χ4v) is 16.0. The molecule has 0 aromatic rings. The zero-order valence-corrected chi connectivity index (χ0v) is 74.0. The molecule has 17 nitrogen and oxygen atoms in total. The van der Waals surface area contributed by atoms with Gasteiger partial charge < -0.3 is 33.8 Å². The Hall–Kier alpha value is -1.94. The van der Waals surface area contributed by atoms with E-state index in [1.165, 1.54) is 334 Å². The molecule has 0 aliphatic carbocycles. The van der Waals surface area contributed by atoms with Crippen LogP contribution in [0.15, 0.2) is 0 Å². The summed E-state index contributed by atoms with van der Waals surface area (Å²) in [5, 5.41) is 10.7. The summed E-state index contributed by atoms with van der Waals surface area (Å²) >= 11 is 0. The number of carbonyl (C=O) groups is 4. The van der Waals surface area contributed by atoms with Gasteiger partial charge in [-0.05, 0) is 25.7 Å². The summed E-state index contributed by atoms with van der Waals surface area (Å²) in [7, 11) is -9.93. The standard InChI is InChI=1S/C91H178O17P2/c1-5-9-13-17-21-25-29-33-36-39-41-43-45-47-50-54-58-62-66-70-74-78-91(96)108-87(82-102-89(94)76-72-68-64-60-56-52-49-46-44-42-40-37-34-30-26-22-18-14-10-6-2)84-106-110(99,100)104-80-85(92)79-103-109(97,98)105-83-86(81-101-88(93)75-71-67-63-59-55-51-32-28-24-20-16-12-8-4)107-90(95)77-73-69-65-61-57-53-48-38-35-31-27-23-19-15-11-7-3/h85-87,92H,5-84H2,1-4H3,(H,97,98)(H,99,100)/t85-,86+,87+/m0/s1. The molecule has 0 heterocycles. The normalized spacial score (nSPS) is 13.6. The quantitative estimate of drug-likeness (QED) is 0.0222. The van der Waals surface area contributed by atoms with Gasteiger partial charge in [0.2, 0.25) is 0 Å². The van der Waals surface area contributed by atoms with Crippen molar-refractivity contribution in [1.29, 1.82) is 0 Å². The Balaban J connectivity index is 5.25. The largest absolute Gasteiger partial charge is 0.472 e. The summed E-state index contributed by atoms with van der Waals surface area (Å²) < 4.78 is 69.1. The monoisotopic (exact) mass is 1610 g/mol. The zero-order valence-electron chi connectivity index (χ0n) is 72.3. The van der Waals surface area contributed by atoms with E-state index in [2.05, 4.69) is 27.7 Å². The van der Waals surface area contributed by atoms with Gasteiger partial charge in [0.1, 0.15) is 19.3 Å². The Morgan fingerprint density at radius 1 is 0.218 bits per heavy atom. The lowest BCUT2D eigenvalue weighted by atomic mass is 10.0. The van der Waals surface area contributed by atoms with E-state index >= 15 is 0 Å². The van der Waals surface area contributed by atoms with Crippen LogP contribution in [0.2, 0.25) is 0 Å². The molecule has 0 aromatic carbocycles. The predicted molar refractivity (Wildman–Crippen MR) is 455 cm³/mol.